The molecular weight excluding hydrogens is 316 g/mol. The minimum atomic E-state index is 0.206. The Labute approximate surface area is 118 Å². The summed E-state index contributed by atoms with van der Waals surface area (Å²) in [6.45, 7) is 0. The Hall–Kier alpha value is -1.52. The fourth-order valence-corrected chi connectivity index (χ4v) is 1.83. The summed E-state index contributed by atoms with van der Waals surface area (Å²) >= 11 is 9.02. The Morgan fingerprint density at radius 2 is 1.89 bits per heavy atom. The standard InChI is InChI=1S/C13H10BrClN2O/c14-12-7-9(1-6-13(12)18)8-16-17-11-4-2-10(15)3-5-11/h1-8,17-18H. The number of anilines is 1. The third-order valence-electron chi connectivity index (χ3n) is 2.22. The van der Waals surface area contributed by atoms with Crippen LogP contribution in [0.1, 0.15) is 5.56 Å². The monoisotopic (exact) mass is 324 g/mol. The van der Waals surface area contributed by atoms with Gasteiger partial charge in [0.05, 0.1) is 16.4 Å². The fourth-order valence-electron chi connectivity index (χ4n) is 1.31. The number of nitrogens with zero attached hydrogens (tertiary/aromatic N) is 1. The molecule has 0 radical (unpaired) electrons. The maximum atomic E-state index is 9.35. The highest BCUT2D eigenvalue weighted by Crippen LogP contribution is 2.23. The van der Waals surface area contributed by atoms with Gasteiger partial charge in [-0.15, -0.1) is 0 Å². The summed E-state index contributed by atoms with van der Waals surface area (Å²) in [5.41, 5.74) is 4.62. The molecule has 18 heavy (non-hydrogen) atoms. The van der Waals surface area contributed by atoms with Gasteiger partial charge >= 0.3 is 0 Å². The average molecular weight is 326 g/mol. The van der Waals surface area contributed by atoms with Crippen molar-refractivity contribution in [2.45, 2.75) is 0 Å². The zero-order valence-corrected chi connectivity index (χ0v) is 11.6. The van der Waals surface area contributed by atoms with Crippen molar-refractivity contribution in [3.63, 3.8) is 0 Å². The molecule has 0 heterocycles. The first-order valence-corrected chi connectivity index (χ1v) is 6.35. The third-order valence-corrected chi connectivity index (χ3v) is 3.11. The van der Waals surface area contributed by atoms with E-state index in [2.05, 4.69) is 26.5 Å². The Morgan fingerprint density at radius 1 is 1.17 bits per heavy atom. The van der Waals surface area contributed by atoms with Gasteiger partial charge in [-0.25, -0.2) is 0 Å². The third kappa shape index (κ3) is 3.48. The van der Waals surface area contributed by atoms with Crippen molar-refractivity contribution in [3.05, 3.63) is 57.5 Å². The zero-order valence-electron chi connectivity index (χ0n) is 9.27. The number of hydrogen-bond donors (Lipinski definition) is 2. The summed E-state index contributed by atoms with van der Waals surface area (Å²) in [6.07, 6.45) is 1.67. The first-order chi connectivity index (χ1) is 8.65. The molecule has 0 saturated carbocycles. The van der Waals surface area contributed by atoms with Gasteiger partial charge in [0, 0.05) is 5.02 Å². The maximum absolute atomic E-state index is 9.35. The van der Waals surface area contributed by atoms with E-state index >= 15 is 0 Å². The number of phenolic OH excluding ortho intramolecular Hbond substituents is 1. The van der Waals surface area contributed by atoms with Crippen molar-refractivity contribution in [2.75, 3.05) is 5.43 Å². The predicted molar refractivity (Wildman–Crippen MR) is 78.5 cm³/mol. The zero-order chi connectivity index (χ0) is 13.0. The number of halogens is 2. The Bertz CT molecular complexity index is 570. The summed E-state index contributed by atoms with van der Waals surface area (Å²) in [6, 6.07) is 12.4. The molecule has 0 bridgehead atoms. The highest BCUT2D eigenvalue weighted by molar-refractivity contribution is 9.10. The molecule has 92 valence electrons. The summed E-state index contributed by atoms with van der Waals surface area (Å²) < 4.78 is 0.637. The molecule has 0 atom stereocenters. The molecule has 0 aliphatic carbocycles. The van der Waals surface area contributed by atoms with E-state index in [1.807, 2.05) is 12.1 Å². The van der Waals surface area contributed by atoms with E-state index in [0.29, 0.717) is 9.50 Å². The molecule has 0 aliphatic heterocycles. The van der Waals surface area contributed by atoms with Gasteiger partial charge < -0.3 is 5.11 Å². The normalized spacial score (nSPS) is 10.8. The fraction of sp³-hybridized carbons (Fsp3) is 0. The lowest BCUT2D eigenvalue weighted by molar-refractivity contribution is 0.472. The van der Waals surface area contributed by atoms with Crippen molar-refractivity contribution in [2.24, 2.45) is 5.10 Å². The van der Waals surface area contributed by atoms with Gasteiger partial charge in [0.2, 0.25) is 0 Å². The lowest BCUT2D eigenvalue weighted by atomic mass is 10.2. The van der Waals surface area contributed by atoms with Crippen LogP contribution in [0.4, 0.5) is 5.69 Å². The summed E-state index contributed by atoms with van der Waals surface area (Å²) in [7, 11) is 0. The summed E-state index contributed by atoms with van der Waals surface area (Å²) in [5.74, 6) is 0.206. The first kappa shape index (κ1) is 12.9. The van der Waals surface area contributed by atoms with Crippen LogP contribution >= 0.6 is 27.5 Å². The second kappa shape index (κ2) is 5.89. The lowest BCUT2D eigenvalue weighted by Gasteiger charge is -2.00. The number of hydrazone groups is 1. The van der Waals surface area contributed by atoms with Crippen molar-refractivity contribution in [1.82, 2.24) is 0 Å². The minimum Gasteiger partial charge on any atom is -0.507 e. The van der Waals surface area contributed by atoms with Crippen LogP contribution < -0.4 is 5.43 Å². The smallest absolute Gasteiger partial charge is 0.129 e. The number of nitrogens with one attached hydrogen (secondary N) is 1. The van der Waals surface area contributed by atoms with Gasteiger partial charge in [0.15, 0.2) is 0 Å². The molecule has 0 saturated heterocycles. The number of hydrogen-bond acceptors (Lipinski definition) is 3. The molecule has 0 amide bonds. The maximum Gasteiger partial charge on any atom is 0.129 e. The number of phenols is 1. The van der Waals surface area contributed by atoms with Gasteiger partial charge in [-0.1, -0.05) is 11.6 Å². The highest BCUT2D eigenvalue weighted by atomic mass is 79.9. The van der Waals surface area contributed by atoms with Gasteiger partial charge in [-0.2, -0.15) is 5.10 Å². The van der Waals surface area contributed by atoms with Crippen LogP contribution in [0.25, 0.3) is 0 Å². The molecular formula is C13H10BrClN2O. The number of benzene rings is 2. The topological polar surface area (TPSA) is 44.6 Å². The van der Waals surface area contributed by atoms with Crippen LogP contribution in [-0.2, 0) is 0 Å². The minimum absolute atomic E-state index is 0.206. The van der Waals surface area contributed by atoms with E-state index in [1.54, 1.807) is 36.5 Å². The van der Waals surface area contributed by atoms with Crippen molar-refractivity contribution in [1.29, 1.82) is 0 Å². The van der Waals surface area contributed by atoms with E-state index in [-0.39, 0.29) is 5.75 Å². The van der Waals surface area contributed by atoms with Crippen LogP contribution in [0.2, 0.25) is 5.02 Å². The first-order valence-electron chi connectivity index (χ1n) is 5.18. The van der Waals surface area contributed by atoms with Crippen molar-refractivity contribution >= 4 is 39.4 Å². The Kier molecular flexibility index (Phi) is 4.23. The van der Waals surface area contributed by atoms with Gasteiger partial charge in [-0.05, 0) is 64.0 Å². The predicted octanol–water partition coefficient (Wildman–Crippen LogP) is 4.25. The van der Waals surface area contributed by atoms with Crippen molar-refractivity contribution < 1.29 is 5.11 Å². The van der Waals surface area contributed by atoms with Crippen molar-refractivity contribution in [3.8, 4) is 5.75 Å². The molecule has 3 nitrogen and oxygen atoms in total. The molecule has 2 rings (SSSR count). The largest absolute Gasteiger partial charge is 0.507 e. The Morgan fingerprint density at radius 3 is 2.56 bits per heavy atom. The molecule has 0 aromatic heterocycles. The molecule has 5 heteroatoms. The summed E-state index contributed by atoms with van der Waals surface area (Å²) in [5, 5.41) is 14.1. The van der Waals surface area contributed by atoms with E-state index < -0.39 is 0 Å². The van der Waals surface area contributed by atoms with Crippen LogP contribution in [-0.4, -0.2) is 11.3 Å². The molecule has 0 fully saturated rings. The average Bonchev–Trinajstić information content (AvgIpc) is 2.36. The molecule has 2 N–H and O–H groups in total. The second-order valence-electron chi connectivity index (χ2n) is 3.59. The number of rotatable bonds is 3. The van der Waals surface area contributed by atoms with Gasteiger partial charge in [0.1, 0.15) is 5.75 Å². The quantitative estimate of drug-likeness (QED) is 0.654. The van der Waals surface area contributed by atoms with E-state index in [9.17, 15) is 5.11 Å². The lowest BCUT2D eigenvalue weighted by Crippen LogP contribution is -1.90. The van der Waals surface area contributed by atoms with E-state index in [0.717, 1.165) is 11.3 Å². The van der Waals surface area contributed by atoms with Crippen LogP contribution in [0.15, 0.2) is 52.0 Å². The highest BCUT2D eigenvalue weighted by Gasteiger charge is 1.97. The van der Waals surface area contributed by atoms with E-state index in [1.165, 1.54) is 0 Å². The SMILES string of the molecule is Oc1ccc(C=NNc2ccc(Cl)cc2)cc1Br. The van der Waals surface area contributed by atoms with Gasteiger partial charge in [-0.3, -0.25) is 5.43 Å². The number of aromatic hydroxyl groups is 1. The molecule has 0 unspecified atom stereocenters. The molecule has 2 aromatic rings. The van der Waals surface area contributed by atoms with Crippen LogP contribution in [0, 0.1) is 0 Å². The van der Waals surface area contributed by atoms with Gasteiger partial charge in [0.25, 0.3) is 0 Å². The second-order valence-corrected chi connectivity index (χ2v) is 4.88. The molecule has 0 spiro atoms. The Balaban J connectivity index is 2.02. The van der Waals surface area contributed by atoms with Crippen LogP contribution in [0.3, 0.4) is 0 Å². The van der Waals surface area contributed by atoms with Crippen LogP contribution in [0.5, 0.6) is 5.75 Å². The van der Waals surface area contributed by atoms with E-state index in [4.69, 9.17) is 11.6 Å². The molecule has 0 aliphatic rings. The summed E-state index contributed by atoms with van der Waals surface area (Å²) in [4.78, 5) is 0. The molecule has 2 aromatic carbocycles.